The molecule has 5 rings (SSSR count). The monoisotopic (exact) mass is 573 g/mol. The lowest BCUT2D eigenvalue weighted by molar-refractivity contribution is -0.138. The lowest BCUT2D eigenvalue weighted by atomic mass is 9.89. The Balaban J connectivity index is 1.34. The van der Waals surface area contributed by atoms with E-state index in [1.54, 1.807) is 41.3 Å². The lowest BCUT2D eigenvalue weighted by Crippen LogP contribution is -2.55. The van der Waals surface area contributed by atoms with Gasteiger partial charge >= 0.3 is 0 Å². The quantitative estimate of drug-likeness (QED) is 0.408. The Labute approximate surface area is 241 Å². The molecule has 0 aliphatic carbocycles. The molecule has 2 amide bonds. The Morgan fingerprint density at radius 3 is 2.34 bits per heavy atom. The molecule has 0 bridgehead atoms. The van der Waals surface area contributed by atoms with Gasteiger partial charge in [0.15, 0.2) is 9.84 Å². The Morgan fingerprint density at radius 1 is 0.951 bits per heavy atom. The van der Waals surface area contributed by atoms with Crippen molar-refractivity contribution in [3.8, 4) is 0 Å². The second-order valence-corrected chi connectivity index (χ2v) is 12.2. The Kier molecular flexibility index (Phi) is 9.28. The molecule has 8 nitrogen and oxygen atoms in total. The number of ether oxygens (including phenoxy) is 1. The van der Waals surface area contributed by atoms with E-state index in [9.17, 15) is 18.0 Å². The van der Waals surface area contributed by atoms with Crippen LogP contribution in [0.25, 0.3) is 0 Å². The topological polar surface area (TPSA) is 105 Å². The van der Waals surface area contributed by atoms with Crippen LogP contribution in [0.2, 0.25) is 0 Å². The number of amides is 2. The number of morpholine rings is 1. The van der Waals surface area contributed by atoms with Crippen molar-refractivity contribution in [1.29, 1.82) is 0 Å². The molecule has 9 heteroatoms. The SMILES string of the molecule is O=C(NC(/C=C/S(=O)(=O)c1ccccc1)CCc1ccccc1)[C@@H]1Cc2ccccc2[C@@H](C(=O)N2CCOCC2)N1. The Hall–Kier alpha value is -3.79. The third kappa shape index (κ3) is 7.30. The van der Waals surface area contributed by atoms with Crippen LogP contribution in [-0.4, -0.2) is 63.5 Å². The minimum atomic E-state index is -3.68. The molecule has 2 aliphatic heterocycles. The number of nitrogens with one attached hydrogen (secondary N) is 2. The highest BCUT2D eigenvalue weighted by Crippen LogP contribution is 2.27. The molecule has 0 spiro atoms. The van der Waals surface area contributed by atoms with Crippen LogP contribution < -0.4 is 10.6 Å². The maximum Gasteiger partial charge on any atom is 0.244 e. The second kappa shape index (κ2) is 13.2. The van der Waals surface area contributed by atoms with E-state index in [1.165, 1.54) is 5.41 Å². The number of hydrogen-bond acceptors (Lipinski definition) is 6. The molecule has 3 aromatic carbocycles. The first-order valence-electron chi connectivity index (χ1n) is 13.9. The van der Waals surface area contributed by atoms with Gasteiger partial charge < -0.3 is 15.0 Å². The van der Waals surface area contributed by atoms with Gasteiger partial charge in [0.05, 0.1) is 24.2 Å². The molecule has 41 heavy (non-hydrogen) atoms. The highest BCUT2D eigenvalue weighted by Gasteiger charge is 2.37. The average molecular weight is 574 g/mol. The zero-order valence-corrected chi connectivity index (χ0v) is 23.6. The normalized spacial score (nSPS) is 19.9. The van der Waals surface area contributed by atoms with Crippen LogP contribution >= 0.6 is 0 Å². The van der Waals surface area contributed by atoms with Crippen LogP contribution in [0, 0.1) is 0 Å². The number of sulfone groups is 1. The van der Waals surface area contributed by atoms with E-state index in [2.05, 4.69) is 10.6 Å². The van der Waals surface area contributed by atoms with E-state index < -0.39 is 28.0 Å². The zero-order valence-electron chi connectivity index (χ0n) is 22.8. The molecule has 1 fully saturated rings. The maximum atomic E-state index is 13.7. The van der Waals surface area contributed by atoms with Gasteiger partial charge in [0.2, 0.25) is 11.8 Å². The fourth-order valence-corrected chi connectivity index (χ4v) is 6.35. The third-order valence-electron chi connectivity index (χ3n) is 7.52. The summed E-state index contributed by atoms with van der Waals surface area (Å²) in [6.07, 6.45) is 3.14. The summed E-state index contributed by atoms with van der Waals surface area (Å²) in [5.41, 5.74) is 2.91. The van der Waals surface area contributed by atoms with Gasteiger partial charge in [-0.1, -0.05) is 78.9 Å². The zero-order chi connectivity index (χ0) is 28.7. The molecule has 214 valence electrons. The van der Waals surface area contributed by atoms with Crippen LogP contribution in [0.5, 0.6) is 0 Å². The van der Waals surface area contributed by atoms with Gasteiger partial charge in [-0.3, -0.25) is 14.9 Å². The number of carbonyl (C=O) groups excluding carboxylic acids is 2. The van der Waals surface area contributed by atoms with Crippen LogP contribution in [0.15, 0.2) is 101 Å². The summed E-state index contributed by atoms with van der Waals surface area (Å²) in [6.45, 7) is 2.01. The smallest absolute Gasteiger partial charge is 0.244 e. The molecule has 1 saturated heterocycles. The van der Waals surface area contributed by atoms with Gasteiger partial charge in [-0.05, 0) is 48.1 Å². The summed E-state index contributed by atoms with van der Waals surface area (Å²) >= 11 is 0. The van der Waals surface area contributed by atoms with Crippen molar-refractivity contribution in [3.05, 3.63) is 113 Å². The molecule has 2 heterocycles. The van der Waals surface area contributed by atoms with Crippen LogP contribution in [0.1, 0.15) is 29.2 Å². The van der Waals surface area contributed by atoms with Crippen molar-refractivity contribution in [2.45, 2.75) is 42.3 Å². The predicted octanol–water partition coefficient (Wildman–Crippen LogP) is 3.21. The van der Waals surface area contributed by atoms with Crippen molar-refractivity contribution in [3.63, 3.8) is 0 Å². The first-order chi connectivity index (χ1) is 19.9. The van der Waals surface area contributed by atoms with Crippen molar-refractivity contribution < 1.29 is 22.7 Å². The fourth-order valence-electron chi connectivity index (χ4n) is 5.26. The van der Waals surface area contributed by atoms with Crippen LogP contribution in [0.4, 0.5) is 0 Å². The molecule has 0 saturated carbocycles. The largest absolute Gasteiger partial charge is 0.378 e. The molecule has 3 atom stereocenters. The highest BCUT2D eigenvalue weighted by atomic mass is 32.2. The summed E-state index contributed by atoms with van der Waals surface area (Å²) in [5.74, 6) is -0.355. The van der Waals surface area contributed by atoms with Crippen molar-refractivity contribution in [1.82, 2.24) is 15.5 Å². The molecule has 2 N–H and O–H groups in total. The fraction of sp³-hybridized carbons (Fsp3) is 0.312. The summed E-state index contributed by atoms with van der Waals surface area (Å²) < 4.78 is 31.3. The second-order valence-electron chi connectivity index (χ2n) is 10.3. The summed E-state index contributed by atoms with van der Waals surface area (Å²) in [4.78, 5) is 29.1. The Bertz CT molecular complexity index is 1470. The van der Waals surface area contributed by atoms with Gasteiger partial charge in [0.25, 0.3) is 0 Å². The van der Waals surface area contributed by atoms with Gasteiger partial charge in [-0.2, -0.15) is 0 Å². The minimum absolute atomic E-state index is 0.0762. The minimum Gasteiger partial charge on any atom is -0.378 e. The average Bonchev–Trinajstić information content (AvgIpc) is 3.02. The first kappa shape index (κ1) is 28.7. The van der Waals surface area contributed by atoms with Gasteiger partial charge in [-0.15, -0.1) is 0 Å². The number of rotatable bonds is 9. The van der Waals surface area contributed by atoms with Gasteiger partial charge in [-0.25, -0.2) is 8.42 Å². The maximum absolute atomic E-state index is 13.7. The van der Waals surface area contributed by atoms with Crippen LogP contribution in [-0.2, 0) is 37.0 Å². The number of hydrogen-bond donors (Lipinski definition) is 2. The van der Waals surface area contributed by atoms with Crippen LogP contribution in [0.3, 0.4) is 0 Å². The molecular weight excluding hydrogens is 538 g/mol. The lowest BCUT2D eigenvalue weighted by Gasteiger charge is -2.36. The summed E-state index contributed by atoms with van der Waals surface area (Å²) in [5, 5.41) is 7.52. The third-order valence-corrected chi connectivity index (χ3v) is 8.97. The van der Waals surface area contributed by atoms with E-state index in [4.69, 9.17) is 4.74 Å². The predicted molar refractivity (Wildman–Crippen MR) is 157 cm³/mol. The molecule has 0 radical (unpaired) electrons. The van der Waals surface area contributed by atoms with E-state index in [0.29, 0.717) is 45.6 Å². The van der Waals surface area contributed by atoms with E-state index in [1.807, 2.05) is 54.6 Å². The van der Waals surface area contributed by atoms with Crippen molar-refractivity contribution >= 4 is 21.7 Å². The summed E-state index contributed by atoms with van der Waals surface area (Å²) in [7, 11) is -3.68. The van der Waals surface area contributed by atoms with Gasteiger partial charge in [0, 0.05) is 24.5 Å². The number of aryl methyl sites for hydroxylation is 1. The molecule has 2 aliphatic rings. The number of fused-ring (bicyclic) bond motifs is 1. The van der Waals surface area contributed by atoms with E-state index in [0.717, 1.165) is 16.7 Å². The standard InChI is InChI=1S/C32H35N3O5S/c36-31(29-23-25-11-7-8-14-28(25)30(34-29)32(37)35-18-20-40-21-19-35)33-26(16-15-24-9-3-1-4-10-24)17-22-41(38,39)27-12-5-2-6-13-27/h1-14,17,22,26,29-30,34H,15-16,18-21,23H2,(H,33,36)/b22-17+/t26?,29-,30-/m0/s1. The van der Waals surface area contributed by atoms with E-state index in [-0.39, 0.29) is 16.7 Å². The highest BCUT2D eigenvalue weighted by molar-refractivity contribution is 7.94. The number of benzene rings is 3. The van der Waals surface area contributed by atoms with Crippen molar-refractivity contribution in [2.24, 2.45) is 0 Å². The molecule has 3 aromatic rings. The Morgan fingerprint density at radius 2 is 1.61 bits per heavy atom. The summed E-state index contributed by atoms with van der Waals surface area (Å²) in [6, 6.07) is 23.9. The number of carbonyl (C=O) groups is 2. The molecule has 1 unspecified atom stereocenters. The van der Waals surface area contributed by atoms with Gasteiger partial charge in [0.1, 0.15) is 6.04 Å². The van der Waals surface area contributed by atoms with Crippen molar-refractivity contribution in [2.75, 3.05) is 26.3 Å². The first-order valence-corrected chi connectivity index (χ1v) is 15.5. The number of nitrogens with zero attached hydrogens (tertiary/aromatic N) is 1. The van der Waals surface area contributed by atoms with E-state index >= 15 is 0 Å². The molecular formula is C32H35N3O5S. The molecule has 0 aromatic heterocycles.